The van der Waals surface area contributed by atoms with Gasteiger partial charge >= 0.3 is 12.5 Å². The highest BCUT2D eigenvalue weighted by Crippen LogP contribution is 2.38. The third-order valence-corrected chi connectivity index (χ3v) is 6.44. The lowest BCUT2D eigenvalue weighted by Crippen LogP contribution is -2.28. The van der Waals surface area contributed by atoms with Gasteiger partial charge in [0.2, 0.25) is 0 Å². The second-order valence-corrected chi connectivity index (χ2v) is 9.32. The smallest absolute Gasteiger partial charge is 0.222 e. The van der Waals surface area contributed by atoms with Gasteiger partial charge in [-0.05, 0) is 76.9 Å². The summed E-state index contributed by atoms with van der Waals surface area (Å²) >= 11 is 0. The fourth-order valence-corrected chi connectivity index (χ4v) is 4.44. The highest BCUT2D eigenvalue weighted by molar-refractivity contribution is 5.70. The van der Waals surface area contributed by atoms with E-state index >= 15 is 0 Å². The Bertz CT molecular complexity index is 1440. The lowest BCUT2D eigenvalue weighted by Gasteiger charge is -2.19. The van der Waals surface area contributed by atoms with Crippen molar-refractivity contribution < 1.29 is 39.9 Å². The fourth-order valence-electron chi connectivity index (χ4n) is 4.44. The van der Waals surface area contributed by atoms with E-state index in [2.05, 4.69) is 23.8 Å². The van der Waals surface area contributed by atoms with Gasteiger partial charge in [0.1, 0.15) is 17.5 Å². The van der Waals surface area contributed by atoms with E-state index < -0.39 is 35.5 Å². The van der Waals surface area contributed by atoms with Crippen LogP contribution in [0.5, 0.6) is 0 Å². The SMILES string of the molecule is CCCc1ccc(-c2ccc(-c3cc(F)c(CCc4ccc(C(F)(F)OC(F)(F)F)c(F)c4)c(F)c3)cc2)cc1. The number of hydrogen-bond donors (Lipinski definition) is 0. The Hall–Kier alpha value is -3.72. The number of ether oxygens (including phenoxy) is 1. The minimum atomic E-state index is -5.68. The quantitative estimate of drug-likeness (QED) is 0.184. The van der Waals surface area contributed by atoms with E-state index in [0.717, 1.165) is 30.0 Å². The van der Waals surface area contributed by atoms with E-state index in [0.29, 0.717) is 23.3 Å². The molecule has 9 heteroatoms. The van der Waals surface area contributed by atoms with Gasteiger partial charge in [0.25, 0.3) is 0 Å². The monoisotopic (exact) mass is 564 g/mol. The van der Waals surface area contributed by atoms with E-state index in [1.807, 2.05) is 24.3 Å². The first-order chi connectivity index (χ1) is 18.9. The molecular weight excluding hydrogens is 540 g/mol. The average molecular weight is 565 g/mol. The van der Waals surface area contributed by atoms with Crippen LogP contribution in [0.4, 0.5) is 35.1 Å². The zero-order valence-electron chi connectivity index (χ0n) is 21.3. The third-order valence-electron chi connectivity index (χ3n) is 6.44. The van der Waals surface area contributed by atoms with Crippen LogP contribution in [0.2, 0.25) is 0 Å². The van der Waals surface area contributed by atoms with E-state index in [1.165, 1.54) is 17.7 Å². The van der Waals surface area contributed by atoms with Crippen molar-refractivity contribution in [3.63, 3.8) is 0 Å². The van der Waals surface area contributed by atoms with Crippen LogP contribution in [0.3, 0.4) is 0 Å². The molecule has 4 aromatic rings. The predicted octanol–water partition coefficient (Wildman–Crippen LogP) is 9.76. The van der Waals surface area contributed by atoms with Crippen LogP contribution >= 0.6 is 0 Å². The largest absolute Gasteiger partial charge is 0.527 e. The van der Waals surface area contributed by atoms with Gasteiger partial charge < -0.3 is 0 Å². The Kier molecular flexibility index (Phi) is 8.63. The molecule has 0 fully saturated rings. The molecule has 0 aromatic heterocycles. The lowest BCUT2D eigenvalue weighted by molar-refractivity contribution is -0.432. The number of rotatable bonds is 9. The third kappa shape index (κ3) is 7.07. The molecule has 40 heavy (non-hydrogen) atoms. The molecule has 0 aliphatic rings. The summed E-state index contributed by atoms with van der Waals surface area (Å²) in [7, 11) is 0. The van der Waals surface area contributed by atoms with Crippen molar-refractivity contribution in [1.82, 2.24) is 0 Å². The molecule has 0 N–H and O–H groups in total. The Balaban J connectivity index is 1.46. The molecule has 0 atom stereocenters. The summed E-state index contributed by atoms with van der Waals surface area (Å²) in [6.45, 7) is 2.11. The minimum absolute atomic E-state index is 0.0604. The molecule has 0 unspecified atom stereocenters. The van der Waals surface area contributed by atoms with Crippen LogP contribution in [0.15, 0.2) is 78.9 Å². The first-order valence-electron chi connectivity index (χ1n) is 12.5. The summed E-state index contributed by atoms with van der Waals surface area (Å²) in [4.78, 5) is 0. The first kappa shape index (κ1) is 29.3. The van der Waals surface area contributed by atoms with Gasteiger partial charge in [0.15, 0.2) is 0 Å². The molecule has 4 rings (SSSR count). The Labute approximate surface area is 226 Å². The van der Waals surface area contributed by atoms with Crippen molar-refractivity contribution in [2.75, 3.05) is 0 Å². The Morgan fingerprint density at radius 3 is 1.55 bits per heavy atom. The number of aryl methyl sites for hydroxylation is 2. The first-order valence-corrected chi connectivity index (χ1v) is 12.5. The number of halogens is 8. The molecule has 0 saturated carbocycles. The second kappa shape index (κ2) is 11.8. The minimum Gasteiger partial charge on any atom is -0.222 e. The van der Waals surface area contributed by atoms with Crippen molar-refractivity contribution in [3.8, 4) is 22.3 Å². The summed E-state index contributed by atoms with van der Waals surface area (Å²) in [6, 6.07) is 19.7. The number of benzene rings is 4. The molecule has 4 aromatic carbocycles. The van der Waals surface area contributed by atoms with Gasteiger partial charge in [-0.15, -0.1) is 13.2 Å². The highest BCUT2D eigenvalue weighted by Gasteiger charge is 2.47. The number of hydrogen-bond acceptors (Lipinski definition) is 1. The van der Waals surface area contributed by atoms with Crippen LogP contribution in [-0.2, 0) is 30.1 Å². The van der Waals surface area contributed by atoms with Crippen molar-refractivity contribution >= 4 is 0 Å². The maximum absolute atomic E-state index is 14.9. The molecule has 0 saturated heterocycles. The van der Waals surface area contributed by atoms with Crippen molar-refractivity contribution in [2.24, 2.45) is 0 Å². The van der Waals surface area contributed by atoms with Crippen molar-refractivity contribution in [1.29, 1.82) is 0 Å². The zero-order valence-corrected chi connectivity index (χ0v) is 21.3. The molecule has 0 aliphatic heterocycles. The van der Waals surface area contributed by atoms with Crippen LogP contribution in [0.1, 0.15) is 35.6 Å². The predicted molar refractivity (Wildman–Crippen MR) is 136 cm³/mol. The lowest BCUT2D eigenvalue weighted by atomic mass is 9.96. The normalized spacial score (nSPS) is 12.1. The van der Waals surface area contributed by atoms with E-state index in [4.69, 9.17) is 0 Å². The maximum Gasteiger partial charge on any atom is 0.527 e. The van der Waals surface area contributed by atoms with Gasteiger partial charge in [-0.3, -0.25) is 0 Å². The molecule has 0 bridgehead atoms. The number of alkyl halides is 5. The summed E-state index contributed by atoms with van der Waals surface area (Å²) in [5.74, 6) is -3.32. The molecule has 0 aliphatic carbocycles. The topological polar surface area (TPSA) is 9.23 Å². The summed E-state index contributed by atoms with van der Waals surface area (Å²) in [5.41, 5.74) is 2.28. The second-order valence-electron chi connectivity index (χ2n) is 9.32. The molecule has 0 radical (unpaired) electrons. The standard InChI is InChI=1S/C31H24F8O/c1-2-3-19-4-8-21(9-5-19)22-10-12-23(13-11-22)24-17-27(32)25(28(33)18-24)14-6-20-7-15-26(29(34)16-20)30(35,36)40-31(37,38)39/h4-5,7-13,15-18H,2-3,6,14H2,1H3. The highest BCUT2D eigenvalue weighted by atomic mass is 19.4. The summed E-state index contributed by atoms with van der Waals surface area (Å²) in [5, 5.41) is 0. The van der Waals surface area contributed by atoms with Gasteiger partial charge in [0.05, 0.1) is 5.56 Å². The van der Waals surface area contributed by atoms with Crippen LogP contribution in [0.25, 0.3) is 22.3 Å². The van der Waals surface area contributed by atoms with Crippen LogP contribution in [0, 0.1) is 17.5 Å². The van der Waals surface area contributed by atoms with Crippen LogP contribution < -0.4 is 0 Å². The maximum atomic E-state index is 14.9. The van der Waals surface area contributed by atoms with E-state index in [1.54, 1.807) is 12.1 Å². The van der Waals surface area contributed by atoms with E-state index in [-0.39, 0.29) is 24.0 Å². The van der Waals surface area contributed by atoms with Crippen LogP contribution in [-0.4, -0.2) is 6.36 Å². The van der Waals surface area contributed by atoms with Gasteiger partial charge in [-0.25, -0.2) is 17.9 Å². The zero-order chi connectivity index (χ0) is 29.1. The van der Waals surface area contributed by atoms with Crippen molar-refractivity contribution in [2.45, 2.75) is 45.1 Å². The molecule has 210 valence electrons. The fraction of sp³-hybridized carbons (Fsp3) is 0.226. The average Bonchev–Trinajstić information content (AvgIpc) is 2.87. The summed E-state index contributed by atoms with van der Waals surface area (Å²) < 4.78 is 110. The molecule has 0 heterocycles. The Morgan fingerprint density at radius 1 is 0.550 bits per heavy atom. The molecule has 0 spiro atoms. The van der Waals surface area contributed by atoms with Gasteiger partial charge in [0, 0.05) is 5.56 Å². The summed E-state index contributed by atoms with van der Waals surface area (Å²) in [6.07, 6.45) is -8.96. The van der Waals surface area contributed by atoms with Gasteiger partial charge in [-0.2, -0.15) is 8.78 Å². The van der Waals surface area contributed by atoms with Crippen molar-refractivity contribution in [3.05, 3.63) is 119 Å². The van der Waals surface area contributed by atoms with Gasteiger partial charge in [-0.1, -0.05) is 67.9 Å². The molecular formula is C31H24F8O. The molecule has 0 amide bonds. The molecule has 1 nitrogen and oxygen atoms in total. The van der Waals surface area contributed by atoms with E-state index in [9.17, 15) is 35.1 Å². The Morgan fingerprint density at radius 2 is 1.05 bits per heavy atom.